The molecule has 0 saturated carbocycles. The van der Waals surface area contributed by atoms with Gasteiger partial charge in [-0.1, -0.05) is 11.6 Å². The summed E-state index contributed by atoms with van der Waals surface area (Å²) in [5.41, 5.74) is 0.447. The molecule has 3 rings (SSSR count). The number of amides is 1. The Morgan fingerprint density at radius 1 is 1.20 bits per heavy atom. The van der Waals surface area contributed by atoms with E-state index in [1.165, 1.54) is 13.0 Å². The third kappa shape index (κ3) is 3.83. The van der Waals surface area contributed by atoms with Crippen molar-refractivity contribution in [3.63, 3.8) is 0 Å². The van der Waals surface area contributed by atoms with Crippen LogP contribution in [0, 0.1) is 5.82 Å². The van der Waals surface area contributed by atoms with Crippen LogP contribution >= 0.6 is 11.6 Å². The van der Waals surface area contributed by atoms with Crippen LogP contribution in [0.1, 0.15) is 17.3 Å². The van der Waals surface area contributed by atoms with Crippen molar-refractivity contribution in [2.45, 2.75) is 13.0 Å². The molecule has 6 nitrogen and oxygen atoms in total. The van der Waals surface area contributed by atoms with Crippen LogP contribution in [0.3, 0.4) is 0 Å². The molecular formula is C17H13ClFNO5. The molecule has 0 saturated heterocycles. The van der Waals surface area contributed by atoms with Gasteiger partial charge in [0.1, 0.15) is 5.82 Å². The van der Waals surface area contributed by atoms with E-state index in [0.29, 0.717) is 17.2 Å². The number of nitrogens with one attached hydrogen (secondary N) is 1. The predicted octanol–water partition coefficient (Wildman–Crippen LogP) is 3.39. The molecule has 1 aliphatic heterocycles. The molecule has 0 aromatic heterocycles. The Morgan fingerprint density at radius 2 is 1.96 bits per heavy atom. The number of carbonyl (C=O) groups excluding carboxylic acids is 2. The van der Waals surface area contributed by atoms with Crippen molar-refractivity contribution in [3.05, 3.63) is 52.8 Å². The van der Waals surface area contributed by atoms with Gasteiger partial charge >= 0.3 is 5.97 Å². The van der Waals surface area contributed by atoms with Gasteiger partial charge < -0.3 is 19.5 Å². The fourth-order valence-electron chi connectivity index (χ4n) is 2.15. The van der Waals surface area contributed by atoms with Crippen LogP contribution in [-0.4, -0.2) is 24.8 Å². The van der Waals surface area contributed by atoms with E-state index in [2.05, 4.69) is 5.32 Å². The molecule has 1 atom stereocenters. The average Bonchev–Trinajstić information content (AvgIpc) is 3.02. The zero-order valence-electron chi connectivity index (χ0n) is 13.0. The topological polar surface area (TPSA) is 73.9 Å². The Hall–Kier alpha value is -2.80. The highest BCUT2D eigenvalue weighted by molar-refractivity contribution is 6.33. The van der Waals surface area contributed by atoms with Crippen LogP contribution in [0.2, 0.25) is 5.02 Å². The highest BCUT2D eigenvalue weighted by Crippen LogP contribution is 2.34. The van der Waals surface area contributed by atoms with Crippen molar-refractivity contribution in [3.8, 4) is 11.5 Å². The van der Waals surface area contributed by atoms with Gasteiger partial charge in [-0.2, -0.15) is 0 Å². The van der Waals surface area contributed by atoms with E-state index in [1.807, 2.05) is 0 Å². The predicted molar refractivity (Wildman–Crippen MR) is 87.5 cm³/mol. The van der Waals surface area contributed by atoms with Crippen LogP contribution in [-0.2, 0) is 9.53 Å². The van der Waals surface area contributed by atoms with Crippen molar-refractivity contribution in [2.24, 2.45) is 0 Å². The number of fused-ring (bicyclic) bond motifs is 1. The fraction of sp³-hybridized carbons (Fsp3) is 0.176. The van der Waals surface area contributed by atoms with Gasteiger partial charge in [0.05, 0.1) is 10.6 Å². The number of esters is 1. The van der Waals surface area contributed by atoms with Gasteiger partial charge in [-0.25, -0.2) is 9.18 Å². The summed E-state index contributed by atoms with van der Waals surface area (Å²) >= 11 is 5.80. The van der Waals surface area contributed by atoms with Crippen LogP contribution in [0.15, 0.2) is 36.4 Å². The number of carbonyl (C=O) groups is 2. The summed E-state index contributed by atoms with van der Waals surface area (Å²) in [5.74, 6) is -0.831. The Balaban J connectivity index is 1.63. The summed E-state index contributed by atoms with van der Waals surface area (Å²) in [7, 11) is 0. The SMILES string of the molecule is C[C@@H](OC(=O)c1ccc(F)cc1Cl)C(=O)Nc1ccc2c(c1)OCO2. The first-order valence-electron chi connectivity index (χ1n) is 7.30. The standard InChI is InChI=1S/C17H13ClFNO5/c1-9(25-17(22)12-4-2-10(19)6-13(12)18)16(21)20-11-3-5-14-15(7-11)24-8-23-14/h2-7,9H,8H2,1H3,(H,20,21)/t9-/m1/s1. The second kappa shape index (κ2) is 6.98. The molecule has 25 heavy (non-hydrogen) atoms. The van der Waals surface area contributed by atoms with Crippen molar-refractivity contribution in [1.82, 2.24) is 0 Å². The van der Waals surface area contributed by atoms with Crippen LogP contribution in [0.25, 0.3) is 0 Å². The van der Waals surface area contributed by atoms with Crippen molar-refractivity contribution < 1.29 is 28.2 Å². The number of benzene rings is 2. The number of halogens is 2. The van der Waals surface area contributed by atoms with Crippen LogP contribution in [0.4, 0.5) is 10.1 Å². The quantitative estimate of drug-likeness (QED) is 0.841. The Bertz CT molecular complexity index is 842. The highest BCUT2D eigenvalue weighted by atomic mass is 35.5. The minimum Gasteiger partial charge on any atom is -0.454 e. The van der Waals surface area contributed by atoms with E-state index < -0.39 is 23.8 Å². The third-order valence-corrected chi connectivity index (χ3v) is 3.76. The van der Waals surface area contributed by atoms with Gasteiger partial charge in [0.25, 0.3) is 5.91 Å². The minimum absolute atomic E-state index is 0.0224. The first kappa shape index (κ1) is 17.0. The van der Waals surface area contributed by atoms with Gasteiger partial charge in [-0.05, 0) is 37.3 Å². The monoisotopic (exact) mass is 365 g/mol. The van der Waals surface area contributed by atoms with Crippen molar-refractivity contribution in [2.75, 3.05) is 12.1 Å². The molecule has 0 unspecified atom stereocenters. The third-order valence-electron chi connectivity index (χ3n) is 3.44. The number of anilines is 1. The molecule has 2 aromatic carbocycles. The van der Waals surface area contributed by atoms with E-state index in [4.69, 9.17) is 25.8 Å². The molecule has 1 heterocycles. The highest BCUT2D eigenvalue weighted by Gasteiger charge is 2.22. The summed E-state index contributed by atoms with van der Waals surface area (Å²) in [6.45, 7) is 1.54. The largest absolute Gasteiger partial charge is 0.454 e. The maximum absolute atomic E-state index is 13.0. The summed E-state index contributed by atoms with van der Waals surface area (Å²) in [6.07, 6.45) is -1.08. The molecule has 1 N–H and O–H groups in total. The van der Waals surface area contributed by atoms with E-state index in [0.717, 1.165) is 12.1 Å². The maximum Gasteiger partial charge on any atom is 0.340 e. The van der Waals surface area contributed by atoms with Crippen molar-refractivity contribution >= 4 is 29.2 Å². The average molecular weight is 366 g/mol. The van der Waals surface area contributed by atoms with Gasteiger partial charge in [0.2, 0.25) is 6.79 Å². The first-order valence-corrected chi connectivity index (χ1v) is 7.68. The van der Waals surface area contributed by atoms with E-state index in [9.17, 15) is 14.0 Å². The molecule has 0 aliphatic carbocycles. The summed E-state index contributed by atoms with van der Waals surface area (Å²) in [4.78, 5) is 24.2. The Kier molecular flexibility index (Phi) is 4.76. The number of ether oxygens (including phenoxy) is 3. The zero-order chi connectivity index (χ0) is 18.0. The minimum atomic E-state index is -1.08. The summed E-state index contributed by atoms with van der Waals surface area (Å²) < 4.78 is 28.5. The molecule has 0 spiro atoms. The molecule has 0 radical (unpaired) electrons. The molecule has 0 fully saturated rings. The molecule has 1 amide bonds. The maximum atomic E-state index is 13.0. The molecule has 130 valence electrons. The van der Waals surface area contributed by atoms with E-state index in [1.54, 1.807) is 18.2 Å². The molecule has 8 heteroatoms. The lowest BCUT2D eigenvalue weighted by molar-refractivity contribution is -0.123. The zero-order valence-corrected chi connectivity index (χ0v) is 13.8. The van der Waals surface area contributed by atoms with Crippen molar-refractivity contribution in [1.29, 1.82) is 0 Å². The summed E-state index contributed by atoms with van der Waals surface area (Å²) in [6, 6.07) is 8.17. The smallest absolute Gasteiger partial charge is 0.340 e. The van der Waals surface area contributed by atoms with Gasteiger partial charge in [-0.3, -0.25) is 4.79 Å². The van der Waals surface area contributed by atoms with Crippen LogP contribution in [0.5, 0.6) is 11.5 Å². The number of hydrogen-bond acceptors (Lipinski definition) is 5. The molecule has 1 aliphatic rings. The lowest BCUT2D eigenvalue weighted by Gasteiger charge is -2.14. The van der Waals surface area contributed by atoms with E-state index >= 15 is 0 Å². The normalized spacial score (nSPS) is 13.2. The van der Waals surface area contributed by atoms with Gasteiger partial charge in [0.15, 0.2) is 17.6 Å². The first-order chi connectivity index (χ1) is 11.9. The molecule has 0 bridgehead atoms. The lowest BCUT2D eigenvalue weighted by atomic mass is 10.2. The lowest BCUT2D eigenvalue weighted by Crippen LogP contribution is -2.30. The second-order valence-electron chi connectivity index (χ2n) is 5.23. The number of rotatable bonds is 4. The van der Waals surface area contributed by atoms with Crippen LogP contribution < -0.4 is 14.8 Å². The van der Waals surface area contributed by atoms with Gasteiger partial charge in [0, 0.05) is 11.8 Å². The fourth-order valence-corrected chi connectivity index (χ4v) is 2.40. The molecule has 2 aromatic rings. The molecular weight excluding hydrogens is 353 g/mol. The van der Waals surface area contributed by atoms with E-state index in [-0.39, 0.29) is 17.4 Å². The van der Waals surface area contributed by atoms with Gasteiger partial charge in [-0.15, -0.1) is 0 Å². The Labute approximate surface area is 147 Å². The second-order valence-corrected chi connectivity index (χ2v) is 5.64. The Morgan fingerprint density at radius 3 is 2.72 bits per heavy atom. The summed E-state index contributed by atoms with van der Waals surface area (Å²) in [5, 5.41) is 2.52. The number of hydrogen-bond donors (Lipinski definition) is 1.